The molecule has 0 aliphatic rings. The number of hydrogen-bond donors (Lipinski definition) is 0. The van der Waals surface area contributed by atoms with Crippen molar-refractivity contribution in [2.45, 2.75) is 198 Å². The topological polar surface area (TPSA) is 106 Å². The van der Waals surface area contributed by atoms with E-state index in [-0.39, 0.29) is 76.6 Å². The van der Waals surface area contributed by atoms with Gasteiger partial charge >= 0.3 is 39.9 Å². The Labute approximate surface area is 317 Å². The van der Waals surface area contributed by atoms with Gasteiger partial charge in [0.2, 0.25) is 0 Å². The first-order valence-corrected chi connectivity index (χ1v) is 24.3. The van der Waals surface area contributed by atoms with Crippen LogP contribution in [0.15, 0.2) is 9.98 Å². The summed E-state index contributed by atoms with van der Waals surface area (Å²) < 4.78 is 0. The van der Waals surface area contributed by atoms with Crippen LogP contribution in [0.25, 0.3) is 10.6 Å². The quantitative estimate of drug-likeness (QED) is 0.127. The molecule has 0 atom stereocenters. The molecule has 0 N–H and O–H groups in total. The molecule has 0 aliphatic heterocycles. The van der Waals surface area contributed by atoms with E-state index in [2.05, 4.69) is 180 Å². The van der Waals surface area contributed by atoms with Crippen molar-refractivity contribution in [2.75, 3.05) is 12.5 Å². The molecule has 0 unspecified atom stereocenters. The molecule has 45 heavy (non-hydrogen) atoms. The second-order valence-corrected chi connectivity index (χ2v) is 26.9. The third-order valence-electron chi connectivity index (χ3n) is 5.05. The van der Waals surface area contributed by atoms with Crippen molar-refractivity contribution in [3.63, 3.8) is 0 Å². The van der Waals surface area contributed by atoms with Crippen LogP contribution < -0.4 is 10.2 Å². The molecule has 0 aromatic rings. The largest absolute Gasteiger partial charge is 4.00 e. The van der Waals surface area contributed by atoms with E-state index >= 15 is 0 Å². The second-order valence-electron chi connectivity index (χ2n) is 16.1. The van der Waals surface area contributed by atoms with Crippen LogP contribution in [0, 0.1) is 39.9 Å². The average molecular weight is 891 g/mol. The van der Waals surface area contributed by atoms with E-state index in [0.717, 1.165) is 11.9 Å². The number of hydrogen-bond acceptors (Lipinski definition) is 4. The second kappa shape index (κ2) is 28.1. The Morgan fingerprint density at radius 1 is 0.489 bits per heavy atom. The standard InChI is InChI=1S/2C13H28N3.2C4H11OSi.Th/c2*1-9(2)14-13(15-10(3)4)16(11(5)6)12(7)8;2*1-6(2,3)4-5;/h2*9-12H,1-8H3;2*4H2,1-3H3;/q4*-1;+4. The third-order valence-corrected chi connectivity index (χ3v) is 6.78. The molecule has 0 saturated carbocycles. The molecular formula is C34H78N6O2Si2Th. The van der Waals surface area contributed by atoms with Crippen LogP contribution in [-0.2, 0) is 0 Å². The van der Waals surface area contributed by atoms with Gasteiger partial charge in [0.1, 0.15) is 0 Å². The van der Waals surface area contributed by atoms with Gasteiger partial charge in [-0.3, -0.25) is 0 Å². The van der Waals surface area contributed by atoms with E-state index in [0.29, 0.717) is 24.2 Å². The van der Waals surface area contributed by atoms with Gasteiger partial charge in [0.25, 0.3) is 0 Å². The predicted octanol–water partition coefficient (Wildman–Crippen LogP) is 7.75. The Morgan fingerprint density at radius 2 is 0.667 bits per heavy atom. The number of guanidine groups is 2. The van der Waals surface area contributed by atoms with Gasteiger partial charge in [0, 0.05) is 28.1 Å². The molecule has 8 nitrogen and oxygen atoms in total. The van der Waals surface area contributed by atoms with Crippen molar-refractivity contribution in [1.82, 2.24) is 9.80 Å². The zero-order chi connectivity index (χ0) is 36.2. The normalized spacial score (nSPS) is 12.5. The minimum Gasteiger partial charge on any atom is -0.857 e. The molecular weight excluding hydrogens is 813 g/mol. The molecule has 0 aliphatic carbocycles. The fourth-order valence-electron chi connectivity index (χ4n) is 3.37. The van der Waals surface area contributed by atoms with Crippen LogP contribution in [0.1, 0.15) is 111 Å². The molecule has 0 spiro atoms. The summed E-state index contributed by atoms with van der Waals surface area (Å²) in [6.45, 7) is 46.6. The Kier molecular flexibility index (Phi) is 34.1. The summed E-state index contributed by atoms with van der Waals surface area (Å²) in [6, 6.07) is 2.88. The number of nitrogens with zero attached hydrogens (tertiary/aromatic N) is 6. The maximum absolute atomic E-state index is 10.0. The van der Waals surface area contributed by atoms with E-state index in [1.54, 1.807) is 0 Å². The Hall–Kier alpha value is 0.218. The number of rotatable bonds is 10. The first-order valence-electron chi connectivity index (χ1n) is 16.9. The van der Waals surface area contributed by atoms with Gasteiger partial charge in [-0.15, -0.1) is 12.5 Å². The Bertz CT molecular complexity index is 668. The van der Waals surface area contributed by atoms with Crippen molar-refractivity contribution < 1.29 is 50.2 Å². The first-order chi connectivity index (χ1) is 19.6. The summed E-state index contributed by atoms with van der Waals surface area (Å²) in [5.41, 5.74) is 0. The van der Waals surface area contributed by atoms with E-state index in [1.807, 2.05) is 0 Å². The van der Waals surface area contributed by atoms with Crippen molar-refractivity contribution in [3.05, 3.63) is 10.6 Å². The fourth-order valence-corrected chi connectivity index (χ4v) is 3.37. The van der Waals surface area contributed by atoms with Gasteiger partial charge in [-0.25, -0.2) is 0 Å². The SMILES string of the molecule is CC(C)N=C([N-]C(C)C)N(C(C)C)C(C)C.CC(C)N=C([N-]C(C)C)N(C(C)C)C(C)C.C[Si](C)(C)C[O-].C[Si](C)(C)C[O-].[Th+4]. The van der Waals surface area contributed by atoms with Crippen molar-refractivity contribution in [3.8, 4) is 0 Å². The van der Waals surface area contributed by atoms with Gasteiger partial charge in [-0.2, -0.15) is 0 Å². The molecule has 0 fully saturated rings. The average Bonchev–Trinajstić information content (AvgIpc) is 2.76. The van der Waals surface area contributed by atoms with Crippen molar-refractivity contribution in [2.24, 2.45) is 9.98 Å². The molecule has 268 valence electrons. The summed E-state index contributed by atoms with van der Waals surface area (Å²) >= 11 is 0. The summed E-state index contributed by atoms with van der Waals surface area (Å²) in [6.07, 6.45) is 0.319. The van der Waals surface area contributed by atoms with Gasteiger partial charge in [-0.05, 0) is 48.3 Å². The first kappa shape index (κ1) is 54.7. The van der Waals surface area contributed by atoms with Crippen LogP contribution >= 0.6 is 0 Å². The Balaban J connectivity index is -0.000000172. The Morgan fingerprint density at radius 3 is 0.756 bits per heavy atom. The molecule has 0 amide bonds. The van der Waals surface area contributed by atoms with Crippen LogP contribution in [0.5, 0.6) is 0 Å². The summed E-state index contributed by atoms with van der Waals surface area (Å²) in [5.74, 6) is 1.80. The van der Waals surface area contributed by atoms with Crippen LogP contribution in [0.3, 0.4) is 0 Å². The van der Waals surface area contributed by atoms with Gasteiger partial charge < -0.3 is 40.6 Å². The fraction of sp³-hybridized carbons (Fsp3) is 0.941. The molecule has 11 heteroatoms. The van der Waals surface area contributed by atoms with E-state index < -0.39 is 16.1 Å². The van der Waals surface area contributed by atoms with Crippen LogP contribution in [0.2, 0.25) is 39.3 Å². The molecule has 0 bridgehead atoms. The van der Waals surface area contributed by atoms with Gasteiger partial charge in [-0.1, -0.05) is 150 Å². The minimum absolute atomic E-state index is 0. The molecule has 0 heterocycles. The maximum atomic E-state index is 10.0. The minimum atomic E-state index is -1.19. The summed E-state index contributed by atoms with van der Waals surface area (Å²) in [4.78, 5) is 13.8. The summed E-state index contributed by atoms with van der Waals surface area (Å²) in [7, 11) is -2.37. The van der Waals surface area contributed by atoms with E-state index in [4.69, 9.17) is 0 Å². The zero-order valence-electron chi connectivity index (χ0n) is 34.0. The summed E-state index contributed by atoms with van der Waals surface area (Å²) in [5, 5.41) is 29.3. The predicted molar refractivity (Wildman–Crippen MR) is 203 cm³/mol. The smallest absolute Gasteiger partial charge is 0.857 e. The maximum Gasteiger partial charge on any atom is 4.00 e. The third kappa shape index (κ3) is 36.9. The van der Waals surface area contributed by atoms with Crippen molar-refractivity contribution in [1.29, 1.82) is 0 Å². The monoisotopic (exact) mass is 891 g/mol. The molecule has 0 aromatic carbocycles. The van der Waals surface area contributed by atoms with E-state index in [1.165, 1.54) is 0 Å². The van der Waals surface area contributed by atoms with Gasteiger partial charge in [0.05, 0.1) is 0 Å². The molecule has 0 aromatic heterocycles. The van der Waals surface area contributed by atoms with Crippen molar-refractivity contribution >= 4 is 28.1 Å². The van der Waals surface area contributed by atoms with Crippen LogP contribution in [0.4, 0.5) is 0 Å². The van der Waals surface area contributed by atoms with E-state index in [9.17, 15) is 10.2 Å². The molecule has 0 radical (unpaired) electrons. The van der Waals surface area contributed by atoms with Gasteiger partial charge in [0.15, 0.2) is 0 Å². The van der Waals surface area contributed by atoms with Crippen LogP contribution in [-0.4, -0.2) is 98.7 Å². The molecule has 0 rings (SSSR count). The molecule has 0 saturated heterocycles. The zero-order valence-corrected chi connectivity index (χ0v) is 40.1. The number of aliphatic imine (C=N–C) groups is 2.